The van der Waals surface area contributed by atoms with Gasteiger partial charge < -0.3 is 9.73 Å². The Kier molecular flexibility index (Phi) is 3.70. The Bertz CT molecular complexity index is 751. The molecular formula is C16H13Cl2NO. The minimum Gasteiger partial charge on any atom is -0.448 e. The zero-order valence-electron chi connectivity index (χ0n) is 10.9. The fraction of sp³-hybridized carbons (Fsp3) is 0.125. The molecule has 1 unspecified atom stereocenters. The first kappa shape index (κ1) is 13.5. The quantitative estimate of drug-likeness (QED) is 0.732. The summed E-state index contributed by atoms with van der Waals surface area (Å²) in [6.45, 7) is 0. The van der Waals surface area contributed by atoms with Gasteiger partial charge in [-0.3, -0.25) is 0 Å². The smallest absolute Gasteiger partial charge is 0.193 e. The van der Waals surface area contributed by atoms with E-state index in [0.717, 1.165) is 27.1 Å². The molecule has 102 valence electrons. The largest absolute Gasteiger partial charge is 0.448 e. The fourth-order valence-electron chi connectivity index (χ4n) is 2.47. The van der Waals surface area contributed by atoms with Gasteiger partial charge in [0.1, 0.15) is 5.76 Å². The molecule has 3 aromatic rings. The van der Waals surface area contributed by atoms with E-state index < -0.39 is 0 Å². The Morgan fingerprint density at radius 1 is 0.950 bits per heavy atom. The first-order valence-corrected chi connectivity index (χ1v) is 7.06. The number of nitrogens with one attached hydrogen (secondary N) is 1. The van der Waals surface area contributed by atoms with E-state index in [-0.39, 0.29) is 6.04 Å². The molecule has 0 bridgehead atoms. The Morgan fingerprint density at radius 2 is 1.70 bits per heavy atom. The molecule has 0 saturated carbocycles. The molecule has 0 aliphatic rings. The molecule has 1 heterocycles. The van der Waals surface area contributed by atoms with Crippen LogP contribution >= 0.6 is 23.2 Å². The van der Waals surface area contributed by atoms with Crippen LogP contribution < -0.4 is 5.32 Å². The molecule has 0 fully saturated rings. The SMILES string of the molecule is CNC(c1ccc(Cl)o1)c1ccc(Cl)c2ccccc12. The lowest BCUT2D eigenvalue weighted by Gasteiger charge is -2.17. The van der Waals surface area contributed by atoms with Gasteiger partial charge in [-0.2, -0.15) is 0 Å². The van der Waals surface area contributed by atoms with E-state index in [4.69, 9.17) is 27.6 Å². The van der Waals surface area contributed by atoms with E-state index in [1.807, 2.05) is 43.4 Å². The molecule has 0 spiro atoms. The number of hydrogen-bond donors (Lipinski definition) is 1. The van der Waals surface area contributed by atoms with Crippen LogP contribution in [0.5, 0.6) is 0 Å². The first-order valence-electron chi connectivity index (χ1n) is 6.30. The maximum Gasteiger partial charge on any atom is 0.193 e. The number of halogens is 2. The second kappa shape index (κ2) is 5.49. The first-order chi connectivity index (χ1) is 9.70. The third-order valence-electron chi connectivity index (χ3n) is 3.38. The van der Waals surface area contributed by atoms with Gasteiger partial charge in [-0.15, -0.1) is 0 Å². The maximum absolute atomic E-state index is 6.26. The zero-order valence-corrected chi connectivity index (χ0v) is 12.4. The van der Waals surface area contributed by atoms with E-state index in [9.17, 15) is 0 Å². The van der Waals surface area contributed by atoms with Crippen molar-refractivity contribution in [3.8, 4) is 0 Å². The molecule has 3 rings (SSSR count). The van der Waals surface area contributed by atoms with Crippen LogP contribution in [0.15, 0.2) is 52.9 Å². The number of hydrogen-bond acceptors (Lipinski definition) is 2. The van der Waals surface area contributed by atoms with Gasteiger partial charge in [0.05, 0.1) is 6.04 Å². The molecule has 0 aliphatic carbocycles. The van der Waals surface area contributed by atoms with Gasteiger partial charge in [0.25, 0.3) is 0 Å². The standard InChI is InChI=1S/C16H13Cl2NO/c1-19-16(14-8-9-15(18)20-14)12-6-7-13(17)11-5-3-2-4-10(11)12/h2-9,16,19H,1H3. The topological polar surface area (TPSA) is 25.2 Å². The van der Waals surface area contributed by atoms with Crippen LogP contribution in [0.3, 0.4) is 0 Å². The van der Waals surface area contributed by atoms with Crippen LogP contribution in [0.25, 0.3) is 10.8 Å². The van der Waals surface area contributed by atoms with Crippen molar-refractivity contribution >= 4 is 34.0 Å². The Hall–Kier alpha value is -1.48. The molecule has 1 atom stereocenters. The van der Waals surface area contributed by atoms with Crippen molar-refractivity contribution in [3.05, 3.63) is 70.1 Å². The highest BCUT2D eigenvalue weighted by atomic mass is 35.5. The molecule has 0 amide bonds. The predicted molar refractivity (Wildman–Crippen MR) is 83.6 cm³/mol. The Labute approximate surface area is 127 Å². The van der Waals surface area contributed by atoms with E-state index in [0.29, 0.717) is 5.22 Å². The molecule has 4 heteroatoms. The summed E-state index contributed by atoms with van der Waals surface area (Å²) in [7, 11) is 1.89. The number of furan rings is 1. The second-order valence-electron chi connectivity index (χ2n) is 4.55. The summed E-state index contributed by atoms with van der Waals surface area (Å²) in [5, 5.41) is 6.53. The Morgan fingerprint density at radius 3 is 2.35 bits per heavy atom. The molecule has 0 saturated heterocycles. The molecule has 1 N–H and O–H groups in total. The van der Waals surface area contributed by atoms with Crippen molar-refractivity contribution in [2.75, 3.05) is 7.05 Å². The van der Waals surface area contributed by atoms with Gasteiger partial charge in [0, 0.05) is 10.4 Å². The van der Waals surface area contributed by atoms with Crippen LogP contribution in [-0.2, 0) is 0 Å². The highest BCUT2D eigenvalue weighted by Crippen LogP contribution is 2.33. The summed E-state index contributed by atoms with van der Waals surface area (Å²) in [5.74, 6) is 0.782. The van der Waals surface area contributed by atoms with Crippen molar-refractivity contribution in [1.82, 2.24) is 5.32 Å². The van der Waals surface area contributed by atoms with E-state index in [1.54, 1.807) is 6.07 Å². The van der Waals surface area contributed by atoms with Gasteiger partial charge in [-0.25, -0.2) is 0 Å². The van der Waals surface area contributed by atoms with Gasteiger partial charge in [0.2, 0.25) is 0 Å². The molecule has 20 heavy (non-hydrogen) atoms. The molecule has 2 aromatic carbocycles. The van der Waals surface area contributed by atoms with Crippen LogP contribution in [0.2, 0.25) is 10.2 Å². The van der Waals surface area contributed by atoms with E-state index in [1.165, 1.54) is 0 Å². The predicted octanol–water partition coefficient (Wildman–Crippen LogP) is 5.05. The molecular weight excluding hydrogens is 293 g/mol. The zero-order chi connectivity index (χ0) is 14.1. The van der Waals surface area contributed by atoms with Crippen molar-refractivity contribution in [1.29, 1.82) is 0 Å². The summed E-state index contributed by atoms with van der Waals surface area (Å²) in [6.07, 6.45) is 0. The van der Waals surface area contributed by atoms with E-state index >= 15 is 0 Å². The normalized spacial score (nSPS) is 12.8. The molecule has 2 nitrogen and oxygen atoms in total. The summed E-state index contributed by atoms with van der Waals surface area (Å²) >= 11 is 12.1. The van der Waals surface area contributed by atoms with Crippen molar-refractivity contribution in [2.24, 2.45) is 0 Å². The molecule has 0 aliphatic heterocycles. The number of fused-ring (bicyclic) bond motifs is 1. The monoisotopic (exact) mass is 305 g/mol. The van der Waals surface area contributed by atoms with Crippen LogP contribution in [0, 0.1) is 0 Å². The minimum absolute atomic E-state index is 0.0651. The second-order valence-corrected chi connectivity index (χ2v) is 5.33. The fourth-order valence-corrected chi connectivity index (χ4v) is 2.85. The van der Waals surface area contributed by atoms with Crippen molar-refractivity contribution in [3.63, 3.8) is 0 Å². The summed E-state index contributed by atoms with van der Waals surface area (Å²) < 4.78 is 5.54. The van der Waals surface area contributed by atoms with Gasteiger partial charge in [-0.05, 0) is 47.8 Å². The summed E-state index contributed by atoms with van der Waals surface area (Å²) in [5.41, 5.74) is 1.11. The maximum atomic E-state index is 6.26. The minimum atomic E-state index is -0.0651. The third-order valence-corrected chi connectivity index (χ3v) is 3.92. The molecule has 0 radical (unpaired) electrons. The van der Waals surface area contributed by atoms with Crippen molar-refractivity contribution in [2.45, 2.75) is 6.04 Å². The van der Waals surface area contributed by atoms with Crippen molar-refractivity contribution < 1.29 is 4.42 Å². The van der Waals surface area contributed by atoms with Crippen LogP contribution in [-0.4, -0.2) is 7.05 Å². The highest BCUT2D eigenvalue weighted by Gasteiger charge is 2.18. The lowest BCUT2D eigenvalue weighted by Crippen LogP contribution is -2.17. The number of rotatable bonds is 3. The third kappa shape index (κ3) is 2.31. The van der Waals surface area contributed by atoms with Crippen LogP contribution in [0.4, 0.5) is 0 Å². The summed E-state index contributed by atoms with van der Waals surface area (Å²) in [6, 6.07) is 15.6. The Balaban J connectivity index is 2.20. The number of benzene rings is 2. The average molecular weight is 306 g/mol. The van der Waals surface area contributed by atoms with E-state index in [2.05, 4.69) is 11.4 Å². The lowest BCUT2D eigenvalue weighted by atomic mass is 9.97. The highest BCUT2D eigenvalue weighted by molar-refractivity contribution is 6.35. The molecule has 1 aromatic heterocycles. The lowest BCUT2D eigenvalue weighted by molar-refractivity contribution is 0.466. The van der Waals surface area contributed by atoms with Gasteiger partial charge in [-0.1, -0.05) is 41.9 Å². The summed E-state index contributed by atoms with van der Waals surface area (Å²) in [4.78, 5) is 0. The van der Waals surface area contributed by atoms with Gasteiger partial charge in [0.15, 0.2) is 5.22 Å². The van der Waals surface area contributed by atoms with Crippen LogP contribution in [0.1, 0.15) is 17.4 Å². The average Bonchev–Trinajstić information content (AvgIpc) is 2.89. The van der Waals surface area contributed by atoms with Gasteiger partial charge >= 0.3 is 0 Å².